The lowest BCUT2D eigenvalue weighted by molar-refractivity contribution is 0.0271. The van der Waals surface area contributed by atoms with Crippen molar-refractivity contribution in [3.05, 3.63) is 346 Å². The van der Waals surface area contributed by atoms with Gasteiger partial charge in [-0.05, 0) is 215 Å². The first-order chi connectivity index (χ1) is 45.0. The van der Waals surface area contributed by atoms with E-state index >= 15 is 0 Å². The van der Waals surface area contributed by atoms with Gasteiger partial charge in [-0.1, -0.05) is 208 Å². The lowest BCUT2D eigenvalue weighted by Crippen LogP contribution is -2.19. The van der Waals surface area contributed by atoms with Gasteiger partial charge in [0.25, 0.3) is 0 Å². The van der Waals surface area contributed by atoms with Gasteiger partial charge in [0.05, 0.1) is 52.9 Å². The number of hydrogen-bond acceptors (Lipinski definition) is 6. The van der Waals surface area contributed by atoms with Crippen molar-refractivity contribution in [1.82, 2.24) is 0 Å². The van der Waals surface area contributed by atoms with Gasteiger partial charge in [0.2, 0.25) is 0 Å². The molecule has 10 rings (SSSR count). The lowest BCUT2D eigenvalue weighted by Gasteiger charge is -2.27. The van der Waals surface area contributed by atoms with Crippen molar-refractivity contribution in [1.29, 1.82) is 0 Å². The monoisotopic (exact) mass is 1210 g/mol. The molecule has 0 fully saturated rings. The molecule has 0 radical (unpaired) electrons. The van der Waals surface area contributed by atoms with Crippen LogP contribution in [0.4, 0.5) is 34.1 Å². The van der Waals surface area contributed by atoms with Crippen LogP contribution in [0.2, 0.25) is 0 Å². The Bertz CT molecular complexity index is 3590. The molecule has 0 aromatic heterocycles. The fourth-order valence-corrected chi connectivity index (χ4v) is 11.5. The van der Waals surface area contributed by atoms with Crippen LogP contribution in [0.25, 0.3) is 24.3 Å². The van der Waals surface area contributed by atoms with Crippen LogP contribution in [0.3, 0.4) is 0 Å². The van der Waals surface area contributed by atoms with Gasteiger partial charge >= 0.3 is 0 Å². The highest BCUT2D eigenvalue weighted by Crippen LogP contribution is 2.38. The van der Waals surface area contributed by atoms with Crippen molar-refractivity contribution in [3.63, 3.8) is 0 Å². The van der Waals surface area contributed by atoms with Gasteiger partial charge in [-0.25, -0.2) is 0 Å². The van der Waals surface area contributed by atoms with Gasteiger partial charge < -0.3 is 28.7 Å². The molecule has 466 valence electrons. The van der Waals surface area contributed by atoms with Crippen molar-refractivity contribution in [2.45, 2.75) is 79.8 Å². The molecule has 0 saturated carbocycles. The predicted octanol–water partition coefficient (Wildman–Crippen LogP) is 21.4. The Hall–Kier alpha value is -9.40. The molecule has 0 aliphatic rings. The van der Waals surface area contributed by atoms with Crippen molar-refractivity contribution in [3.8, 4) is 0 Å². The summed E-state index contributed by atoms with van der Waals surface area (Å²) in [6.45, 7) is 28.8. The minimum absolute atomic E-state index is 0.156. The number of benzene rings is 10. The molecule has 0 N–H and O–H groups in total. The quantitative estimate of drug-likeness (QED) is 0.0408. The second-order valence-corrected chi connectivity index (χ2v) is 24.4. The minimum atomic E-state index is 0.156. The molecule has 10 aromatic carbocycles. The molecule has 92 heavy (non-hydrogen) atoms. The molecule has 0 amide bonds. The molecule has 0 heterocycles. The summed E-state index contributed by atoms with van der Waals surface area (Å²) in [5.74, 6) is 0.312. The van der Waals surface area contributed by atoms with Crippen LogP contribution < -0.4 is 9.80 Å². The number of rotatable bonds is 33. The maximum Gasteiger partial charge on any atom is 0.0717 e. The predicted molar refractivity (Wildman–Crippen MR) is 388 cm³/mol. The zero-order valence-electron chi connectivity index (χ0n) is 54.2. The summed E-state index contributed by atoms with van der Waals surface area (Å²) in [5.41, 5.74) is 25.7. The Kier molecular flexibility index (Phi) is 23.6. The fourth-order valence-electron chi connectivity index (χ4n) is 11.5. The van der Waals surface area contributed by atoms with Gasteiger partial charge in [0, 0.05) is 46.0 Å². The van der Waals surface area contributed by atoms with Crippen molar-refractivity contribution < 1.29 is 18.9 Å². The van der Waals surface area contributed by atoms with E-state index in [0.29, 0.717) is 52.9 Å². The Labute approximate surface area is 548 Å². The number of ether oxygens (including phenoxy) is 4. The van der Waals surface area contributed by atoms with Gasteiger partial charge in [-0.3, -0.25) is 0 Å². The van der Waals surface area contributed by atoms with Crippen LogP contribution in [0.1, 0.15) is 89.0 Å². The van der Waals surface area contributed by atoms with E-state index in [2.05, 4.69) is 294 Å². The molecule has 0 spiro atoms. The van der Waals surface area contributed by atoms with E-state index < -0.39 is 0 Å². The molecule has 0 aliphatic carbocycles. The molecule has 10 aromatic rings. The maximum absolute atomic E-state index is 6.37. The number of anilines is 6. The van der Waals surface area contributed by atoms with E-state index in [-0.39, 0.29) is 11.8 Å². The first kappa shape index (κ1) is 65.5. The molecular formula is C86H88N2O4. The highest BCUT2D eigenvalue weighted by molar-refractivity contribution is 5.79. The molecule has 0 saturated heterocycles. The normalized spacial score (nSPS) is 11.2. The van der Waals surface area contributed by atoms with Gasteiger partial charge in [-0.15, -0.1) is 0 Å². The molecule has 0 atom stereocenters. The summed E-state index contributed by atoms with van der Waals surface area (Å²) in [7, 11) is 0. The first-order valence-electron chi connectivity index (χ1n) is 32.3. The average Bonchev–Trinajstić information content (AvgIpc) is 0.981. The molecule has 6 heteroatoms. The van der Waals surface area contributed by atoms with Crippen LogP contribution >= 0.6 is 0 Å². The van der Waals surface area contributed by atoms with Crippen molar-refractivity contribution in [2.24, 2.45) is 11.8 Å². The van der Waals surface area contributed by atoms with E-state index in [0.717, 1.165) is 104 Å². The standard InChI is InChI=1S/C86H88N2O4/c1-9-67-15-25-75(26-16-67)55-89-59-79(60-90-56-76-27-17-68(10-2)18-28-76)53-73-37-47-83(48-38-73)87(85-41-13-63(5)65(7)51-85)81-43-33-71(34-44-81)23-24-72-35-45-82(46-36-72)88(86-42-14-64(6)66(8)52-86)84-49-39-74(40-50-84)54-80(61-91-57-77-29-19-69(11-3)20-30-77)62-92-58-78-31-21-70(12-4)22-32-78/h9-22,25-52,79-80H,1-4,23-24,53-62H2,5-8H3. The summed E-state index contributed by atoms with van der Waals surface area (Å²) < 4.78 is 25.5. The smallest absolute Gasteiger partial charge is 0.0717 e. The van der Waals surface area contributed by atoms with E-state index in [1.165, 1.54) is 44.5 Å². The van der Waals surface area contributed by atoms with Crippen molar-refractivity contribution in [2.75, 3.05) is 36.2 Å². The van der Waals surface area contributed by atoms with Crippen LogP contribution in [-0.2, 0) is 71.1 Å². The molecule has 6 nitrogen and oxygen atoms in total. The second kappa shape index (κ2) is 33.1. The van der Waals surface area contributed by atoms with Crippen molar-refractivity contribution >= 4 is 58.4 Å². The molecule has 0 aliphatic heterocycles. The average molecular weight is 1210 g/mol. The van der Waals surface area contributed by atoms with E-state index in [4.69, 9.17) is 18.9 Å². The third-order valence-corrected chi connectivity index (χ3v) is 17.4. The summed E-state index contributed by atoms with van der Waals surface area (Å²) in [4.78, 5) is 4.74. The summed E-state index contributed by atoms with van der Waals surface area (Å²) in [5, 5.41) is 0. The summed E-state index contributed by atoms with van der Waals surface area (Å²) in [6, 6.07) is 83.3. The fraction of sp³-hybridized carbons (Fsp3) is 0.209. The topological polar surface area (TPSA) is 43.4 Å². The Morgan fingerprint density at radius 2 is 0.500 bits per heavy atom. The highest BCUT2D eigenvalue weighted by atomic mass is 16.5. The largest absolute Gasteiger partial charge is 0.376 e. The third-order valence-electron chi connectivity index (χ3n) is 17.4. The van der Waals surface area contributed by atoms with E-state index in [1.807, 2.05) is 24.3 Å². The Morgan fingerprint density at radius 3 is 0.739 bits per heavy atom. The van der Waals surface area contributed by atoms with Gasteiger partial charge in [-0.2, -0.15) is 0 Å². The van der Waals surface area contributed by atoms with E-state index in [9.17, 15) is 0 Å². The molecule has 0 unspecified atom stereocenters. The number of aryl methyl sites for hydroxylation is 6. The van der Waals surface area contributed by atoms with Crippen LogP contribution in [0.15, 0.2) is 257 Å². The lowest BCUT2D eigenvalue weighted by atomic mass is 9.99. The molecular weight excluding hydrogens is 1120 g/mol. The molecule has 0 bridgehead atoms. The Morgan fingerprint density at radius 1 is 0.272 bits per heavy atom. The summed E-state index contributed by atoms with van der Waals surface area (Å²) in [6.07, 6.45) is 10.9. The first-order valence-corrected chi connectivity index (χ1v) is 32.3. The van der Waals surface area contributed by atoms with Gasteiger partial charge in [0.1, 0.15) is 0 Å². The highest BCUT2D eigenvalue weighted by Gasteiger charge is 2.19. The van der Waals surface area contributed by atoms with E-state index in [1.54, 1.807) is 0 Å². The van der Waals surface area contributed by atoms with Gasteiger partial charge in [0.15, 0.2) is 0 Å². The van der Waals surface area contributed by atoms with Crippen LogP contribution in [0, 0.1) is 39.5 Å². The minimum Gasteiger partial charge on any atom is -0.376 e. The zero-order chi connectivity index (χ0) is 64.0. The number of nitrogens with zero attached hydrogens (tertiary/aromatic N) is 2. The summed E-state index contributed by atoms with van der Waals surface area (Å²) >= 11 is 0. The van der Waals surface area contributed by atoms with Crippen LogP contribution in [0.5, 0.6) is 0 Å². The SMILES string of the molecule is C=Cc1ccc(COCC(COCc2ccc(C=C)cc2)Cc2ccc(N(c3ccc(CCc4ccc(N(c5ccc(CC(COCc6ccc(C=C)cc6)COCc6ccc(C=C)cc6)cc5)c5ccc(C)c(C)c5)cc4)cc3)c3ccc(C)c(C)c3)cc2)cc1. The third kappa shape index (κ3) is 18.6. The number of hydrogen-bond donors (Lipinski definition) is 0. The second-order valence-electron chi connectivity index (χ2n) is 24.4. The van der Waals surface area contributed by atoms with Crippen LogP contribution in [-0.4, -0.2) is 26.4 Å². The zero-order valence-corrected chi connectivity index (χ0v) is 54.2. The maximum atomic E-state index is 6.37. The Balaban J connectivity index is 0.804.